The number of hydrogen-bond acceptors (Lipinski definition) is 4. The molecule has 0 saturated heterocycles. The molecule has 0 unspecified atom stereocenters. The normalized spacial score (nSPS) is 10.2. The van der Waals surface area contributed by atoms with Crippen molar-refractivity contribution in [2.75, 3.05) is 5.32 Å². The van der Waals surface area contributed by atoms with Crippen molar-refractivity contribution in [2.45, 2.75) is 6.54 Å². The molecule has 0 aliphatic rings. The Balaban J connectivity index is 2.04. The van der Waals surface area contributed by atoms with Crippen LogP contribution in [0.25, 0.3) is 0 Å². The van der Waals surface area contributed by atoms with Crippen LogP contribution in [0, 0.1) is 0 Å². The summed E-state index contributed by atoms with van der Waals surface area (Å²) in [6.45, 7) is 0.158. The fraction of sp³-hybridized carbons (Fsp3) is 0.167. The van der Waals surface area contributed by atoms with Crippen molar-refractivity contribution in [2.24, 2.45) is 7.05 Å². The first-order chi connectivity index (χ1) is 9.97. The van der Waals surface area contributed by atoms with Gasteiger partial charge in [0, 0.05) is 12.1 Å². The summed E-state index contributed by atoms with van der Waals surface area (Å²) in [5.41, 5.74) is 0.0682. The number of aromatic nitrogens is 3. The Labute approximate surface area is 124 Å². The third kappa shape index (κ3) is 3.69. The van der Waals surface area contributed by atoms with Crippen LogP contribution in [0.1, 0.15) is 16.2 Å². The van der Waals surface area contributed by atoms with Crippen molar-refractivity contribution in [1.29, 1.82) is 0 Å². The summed E-state index contributed by atoms with van der Waals surface area (Å²) in [4.78, 5) is 22.9. The van der Waals surface area contributed by atoms with E-state index < -0.39 is 12.0 Å². The number of nitrogens with one attached hydrogen (secondary N) is 2. The average molecular weight is 310 g/mol. The number of benzene rings is 1. The number of carboxylic acids is 1. The number of urea groups is 1. The number of carboxylic acid groups (broad SMARTS) is 1. The molecule has 0 aliphatic heterocycles. The van der Waals surface area contributed by atoms with Crippen LogP contribution < -0.4 is 10.6 Å². The molecular formula is C12H12ClN5O3. The first-order valence-corrected chi connectivity index (χ1v) is 6.25. The predicted octanol–water partition coefficient (Wildman–Crippen LogP) is 1.49. The van der Waals surface area contributed by atoms with Gasteiger partial charge in [-0.3, -0.25) is 0 Å². The highest BCUT2D eigenvalue weighted by molar-refractivity contribution is 6.31. The zero-order valence-electron chi connectivity index (χ0n) is 11.0. The quantitative estimate of drug-likeness (QED) is 0.792. The number of aryl methyl sites for hydroxylation is 1. The van der Waals surface area contributed by atoms with E-state index >= 15 is 0 Å². The number of halogens is 1. The van der Waals surface area contributed by atoms with Crippen molar-refractivity contribution in [3.05, 3.63) is 40.9 Å². The lowest BCUT2D eigenvalue weighted by Crippen LogP contribution is -2.29. The van der Waals surface area contributed by atoms with E-state index in [1.807, 2.05) is 0 Å². The fourth-order valence-electron chi connectivity index (χ4n) is 1.60. The molecule has 0 bridgehead atoms. The second-order valence-electron chi connectivity index (χ2n) is 4.16. The highest BCUT2D eigenvalue weighted by Gasteiger charge is 2.13. The minimum absolute atomic E-state index is 0.0480. The summed E-state index contributed by atoms with van der Waals surface area (Å²) in [5, 5.41) is 21.9. The van der Waals surface area contributed by atoms with Crippen LogP contribution in [0.15, 0.2) is 24.5 Å². The molecule has 0 spiro atoms. The number of amides is 2. The predicted molar refractivity (Wildman–Crippen MR) is 75.3 cm³/mol. The number of anilines is 1. The van der Waals surface area contributed by atoms with E-state index in [-0.39, 0.29) is 17.8 Å². The minimum Gasteiger partial charge on any atom is -0.478 e. The van der Waals surface area contributed by atoms with Gasteiger partial charge in [0.2, 0.25) is 0 Å². The zero-order chi connectivity index (χ0) is 15.4. The molecule has 1 heterocycles. The monoisotopic (exact) mass is 309 g/mol. The van der Waals surface area contributed by atoms with Gasteiger partial charge in [-0.25, -0.2) is 9.59 Å². The molecule has 8 nitrogen and oxygen atoms in total. The maximum Gasteiger partial charge on any atom is 0.337 e. The number of aromatic carboxylic acids is 1. The highest BCUT2D eigenvalue weighted by Crippen LogP contribution is 2.21. The molecule has 0 fully saturated rings. The molecule has 2 rings (SSSR count). The molecule has 2 amide bonds. The number of carbonyl (C=O) groups is 2. The molecule has 0 atom stereocenters. The summed E-state index contributed by atoms with van der Waals surface area (Å²) in [6, 6.07) is 3.56. The lowest BCUT2D eigenvalue weighted by Gasteiger charge is -2.10. The van der Waals surface area contributed by atoms with Gasteiger partial charge in [-0.05, 0) is 18.2 Å². The van der Waals surface area contributed by atoms with E-state index in [4.69, 9.17) is 16.7 Å². The van der Waals surface area contributed by atoms with Gasteiger partial charge in [0.15, 0.2) is 5.82 Å². The summed E-state index contributed by atoms with van der Waals surface area (Å²) in [7, 11) is 1.74. The van der Waals surface area contributed by atoms with Crippen LogP contribution in [0.3, 0.4) is 0 Å². The van der Waals surface area contributed by atoms with Crippen molar-refractivity contribution in [1.82, 2.24) is 20.1 Å². The molecule has 2 aromatic rings. The smallest absolute Gasteiger partial charge is 0.337 e. The fourth-order valence-corrected chi connectivity index (χ4v) is 1.77. The van der Waals surface area contributed by atoms with Crippen molar-refractivity contribution < 1.29 is 14.7 Å². The molecule has 9 heteroatoms. The molecule has 0 radical (unpaired) electrons. The lowest BCUT2D eigenvalue weighted by atomic mass is 10.2. The van der Waals surface area contributed by atoms with Crippen LogP contribution in [0.2, 0.25) is 5.02 Å². The van der Waals surface area contributed by atoms with Crippen LogP contribution in [0.5, 0.6) is 0 Å². The Bertz CT molecular complexity index is 685. The Hall–Kier alpha value is -2.61. The van der Waals surface area contributed by atoms with E-state index in [0.717, 1.165) is 0 Å². The Kier molecular flexibility index (Phi) is 4.39. The topological polar surface area (TPSA) is 109 Å². The maximum atomic E-state index is 11.8. The van der Waals surface area contributed by atoms with E-state index in [2.05, 4.69) is 20.8 Å². The molecular weight excluding hydrogens is 298 g/mol. The average Bonchev–Trinajstić information content (AvgIpc) is 2.81. The molecule has 110 valence electrons. The molecule has 0 aliphatic carbocycles. The molecule has 3 N–H and O–H groups in total. The van der Waals surface area contributed by atoms with Crippen LogP contribution in [0.4, 0.5) is 10.5 Å². The van der Waals surface area contributed by atoms with Crippen molar-refractivity contribution in [3.8, 4) is 0 Å². The molecule has 21 heavy (non-hydrogen) atoms. The SMILES string of the molecule is Cn1cnnc1CNC(=O)Nc1cc(Cl)ccc1C(=O)O. The summed E-state index contributed by atoms with van der Waals surface area (Å²) in [6.07, 6.45) is 1.51. The first kappa shape index (κ1) is 14.8. The Morgan fingerprint density at radius 2 is 2.19 bits per heavy atom. The van der Waals surface area contributed by atoms with Gasteiger partial charge in [0.05, 0.1) is 17.8 Å². The third-order valence-electron chi connectivity index (χ3n) is 2.67. The third-order valence-corrected chi connectivity index (χ3v) is 2.91. The second kappa shape index (κ2) is 6.23. The number of rotatable bonds is 4. The lowest BCUT2D eigenvalue weighted by molar-refractivity contribution is 0.0698. The van der Waals surface area contributed by atoms with Gasteiger partial charge in [0.25, 0.3) is 0 Å². The van der Waals surface area contributed by atoms with Gasteiger partial charge < -0.3 is 20.3 Å². The van der Waals surface area contributed by atoms with Crippen molar-refractivity contribution >= 4 is 29.3 Å². The van der Waals surface area contributed by atoms with E-state index in [1.54, 1.807) is 11.6 Å². The number of nitrogens with zero attached hydrogens (tertiary/aromatic N) is 3. The Morgan fingerprint density at radius 1 is 1.43 bits per heavy atom. The van der Waals surface area contributed by atoms with Gasteiger partial charge in [0.1, 0.15) is 6.33 Å². The summed E-state index contributed by atoms with van der Waals surface area (Å²) < 4.78 is 1.66. The second-order valence-corrected chi connectivity index (χ2v) is 4.60. The summed E-state index contributed by atoms with van der Waals surface area (Å²) >= 11 is 5.80. The van der Waals surface area contributed by atoms with Gasteiger partial charge >= 0.3 is 12.0 Å². The van der Waals surface area contributed by atoms with Gasteiger partial charge in [-0.15, -0.1) is 10.2 Å². The Morgan fingerprint density at radius 3 is 2.81 bits per heavy atom. The van der Waals surface area contributed by atoms with E-state index in [9.17, 15) is 9.59 Å². The largest absolute Gasteiger partial charge is 0.478 e. The minimum atomic E-state index is -1.16. The molecule has 1 aromatic heterocycles. The summed E-state index contributed by atoms with van der Waals surface area (Å²) in [5.74, 6) is -0.593. The van der Waals surface area contributed by atoms with Crippen LogP contribution >= 0.6 is 11.6 Å². The first-order valence-electron chi connectivity index (χ1n) is 5.88. The highest BCUT2D eigenvalue weighted by atomic mass is 35.5. The van der Waals surface area contributed by atoms with E-state index in [1.165, 1.54) is 24.5 Å². The number of hydrogen-bond donors (Lipinski definition) is 3. The van der Waals surface area contributed by atoms with Crippen LogP contribution in [-0.2, 0) is 13.6 Å². The van der Waals surface area contributed by atoms with Crippen LogP contribution in [-0.4, -0.2) is 31.9 Å². The molecule has 1 aromatic carbocycles. The van der Waals surface area contributed by atoms with Gasteiger partial charge in [-0.2, -0.15) is 0 Å². The van der Waals surface area contributed by atoms with Crippen molar-refractivity contribution in [3.63, 3.8) is 0 Å². The zero-order valence-corrected chi connectivity index (χ0v) is 11.8. The number of carbonyl (C=O) groups excluding carboxylic acids is 1. The van der Waals surface area contributed by atoms with E-state index in [0.29, 0.717) is 10.8 Å². The molecule has 0 saturated carbocycles. The maximum absolute atomic E-state index is 11.8. The van der Waals surface area contributed by atoms with Gasteiger partial charge in [-0.1, -0.05) is 11.6 Å². The standard InChI is InChI=1S/C12H12ClN5O3/c1-18-6-15-17-10(18)5-14-12(21)16-9-4-7(13)2-3-8(9)11(19)20/h2-4,6H,5H2,1H3,(H,19,20)(H2,14,16,21).